The van der Waals surface area contributed by atoms with Crippen LogP contribution in [-0.2, 0) is 10.0 Å². The third-order valence-electron chi connectivity index (χ3n) is 4.24. The van der Waals surface area contributed by atoms with E-state index in [0.717, 1.165) is 37.3 Å². The summed E-state index contributed by atoms with van der Waals surface area (Å²) in [7, 11) is -3.60. The lowest BCUT2D eigenvalue weighted by Crippen LogP contribution is -2.56. The van der Waals surface area contributed by atoms with Gasteiger partial charge in [0.05, 0.1) is 0 Å². The Morgan fingerprint density at radius 3 is 2.81 bits per heavy atom. The molecule has 0 bridgehead atoms. The lowest BCUT2D eigenvalue weighted by Gasteiger charge is -2.41. The van der Waals surface area contributed by atoms with Gasteiger partial charge in [0.15, 0.2) is 0 Å². The van der Waals surface area contributed by atoms with E-state index in [2.05, 4.69) is 4.90 Å². The lowest BCUT2D eigenvalue weighted by atomic mass is 10.1. The van der Waals surface area contributed by atoms with Crippen LogP contribution < -0.4 is 0 Å². The molecule has 2 aliphatic heterocycles. The van der Waals surface area contributed by atoms with Crippen molar-refractivity contribution in [2.24, 2.45) is 0 Å². The van der Waals surface area contributed by atoms with Gasteiger partial charge in [-0.1, -0.05) is 0 Å². The number of fused-ring (bicyclic) bond motifs is 1. The largest absolute Gasteiger partial charge is 0.477 e. The molecule has 1 aromatic rings. The van der Waals surface area contributed by atoms with E-state index in [9.17, 15) is 13.2 Å². The number of thiophene rings is 1. The molecule has 3 rings (SSSR count). The van der Waals surface area contributed by atoms with Crippen molar-refractivity contribution in [3.8, 4) is 0 Å². The highest BCUT2D eigenvalue weighted by Crippen LogP contribution is 2.31. The number of carboxylic acids is 1. The molecule has 2 aliphatic rings. The Balaban J connectivity index is 1.88. The predicted octanol–water partition coefficient (Wildman–Crippen LogP) is 1.30. The summed E-state index contributed by atoms with van der Waals surface area (Å²) < 4.78 is 27.2. The summed E-state index contributed by atoms with van der Waals surface area (Å²) in [5, 5.41) is 8.94. The Morgan fingerprint density at radius 2 is 2.14 bits per heavy atom. The highest BCUT2D eigenvalue weighted by Gasteiger charge is 2.40. The first-order valence-corrected chi connectivity index (χ1v) is 9.24. The van der Waals surface area contributed by atoms with Gasteiger partial charge in [-0.2, -0.15) is 4.31 Å². The average Bonchev–Trinajstić information content (AvgIpc) is 3.06. The van der Waals surface area contributed by atoms with Crippen LogP contribution in [0, 0.1) is 0 Å². The first kappa shape index (κ1) is 15.0. The highest BCUT2D eigenvalue weighted by molar-refractivity contribution is 7.91. The number of hydrogen-bond acceptors (Lipinski definition) is 5. The normalized spacial score (nSPS) is 27.7. The summed E-state index contributed by atoms with van der Waals surface area (Å²) in [6.45, 7) is 4.22. The lowest BCUT2D eigenvalue weighted by molar-refractivity contribution is 0.0702. The number of rotatable bonds is 3. The van der Waals surface area contributed by atoms with Crippen molar-refractivity contribution in [3.05, 3.63) is 17.0 Å². The maximum Gasteiger partial charge on any atom is 0.345 e. The molecule has 2 unspecified atom stereocenters. The summed E-state index contributed by atoms with van der Waals surface area (Å²) >= 11 is 0.826. The van der Waals surface area contributed by atoms with Crippen LogP contribution in [0.25, 0.3) is 0 Å². The predicted molar refractivity (Wildman–Crippen MR) is 79.2 cm³/mol. The zero-order valence-electron chi connectivity index (χ0n) is 11.7. The summed E-state index contributed by atoms with van der Waals surface area (Å²) in [5.41, 5.74) is 0. The maximum atomic E-state index is 12.7. The van der Waals surface area contributed by atoms with E-state index in [4.69, 9.17) is 5.11 Å². The van der Waals surface area contributed by atoms with Gasteiger partial charge in [0, 0.05) is 25.2 Å². The number of piperazine rings is 1. The second kappa shape index (κ2) is 5.35. The van der Waals surface area contributed by atoms with Crippen LogP contribution >= 0.6 is 11.3 Å². The zero-order valence-corrected chi connectivity index (χ0v) is 13.4. The number of nitrogens with zero attached hydrogens (tertiary/aromatic N) is 2. The summed E-state index contributed by atoms with van der Waals surface area (Å²) in [5.74, 6) is -1.09. The first-order valence-electron chi connectivity index (χ1n) is 6.98. The van der Waals surface area contributed by atoms with Crippen LogP contribution in [0.3, 0.4) is 0 Å². The minimum atomic E-state index is -3.60. The molecule has 3 heterocycles. The molecule has 0 saturated carbocycles. The summed E-state index contributed by atoms with van der Waals surface area (Å²) in [6.07, 6.45) is 2.15. The highest BCUT2D eigenvalue weighted by atomic mass is 32.2. The SMILES string of the molecule is CC1CN2CCCC2CN1S(=O)(=O)c1ccc(C(=O)O)s1. The molecule has 2 fully saturated rings. The van der Waals surface area contributed by atoms with Crippen molar-refractivity contribution >= 4 is 27.3 Å². The molecule has 116 valence electrons. The van der Waals surface area contributed by atoms with Crippen molar-refractivity contribution in [1.82, 2.24) is 9.21 Å². The van der Waals surface area contributed by atoms with E-state index in [0.29, 0.717) is 12.6 Å². The molecule has 0 aliphatic carbocycles. The second-order valence-electron chi connectivity index (χ2n) is 5.64. The fourth-order valence-corrected chi connectivity index (χ4v) is 6.12. The quantitative estimate of drug-likeness (QED) is 0.904. The zero-order chi connectivity index (χ0) is 15.2. The second-order valence-corrected chi connectivity index (χ2v) is 8.84. The molecule has 0 spiro atoms. The van der Waals surface area contributed by atoms with Gasteiger partial charge in [-0.25, -0.2) is 13.2 Å². The third-order valence-corrected chi connectivity index (χ3v) is 7.76. The molecule has 1 aromatic heterocycles. The first-order chi connectivity index (χ1) is 9.89. The van der Waals surface area contributed by atoms with Gasteiger partial charge in [-0.3, -0.25) is 4.90 Å². The van der Waals surface area contributed by atoms with E-state index in [-0.39, 0.29) is 15.1 Å². The van der Waals surface area contributed by atoms with Crippen LogP contribution in [0.15, 0.2) is 16.3 Å². The Kier molecular flexibility index (Phi) is 3.81. The summed E-state index contributed by atoms with van der Waals surface area (Å²) in [6, 6.07) is 2.97. The Morgan fingerprint density at radius 1 is 1.38 bits per heavy atom. The molecular weight excluding hydrogens is 312 g/mol. The molecule has 1 N–H and O–H groups in total. The smallest absolute Gasteiger partial charge is 0.345 e. The van der Waals surface area contributed by atoms with Crippen LogP contribution in [-0.4, -0.2) is 60.4 Å². The fourth-order valence-electron chi connectivity index (χ4n) is 3.18. The number of hydrogen-bond donors (Lipinski definition) is 1. The fraction of sp³-hybridized carbons (Fsp3) is 0.615. The van der Waals surface area contributed by atoms with Gasteiger partial charge in [-0.15, -0.1) is 11.3 Å². The van der Waals surface area contributed by atoms with Crippen molar-refractivity contribution in [2.45, 2.75) is 36.1 Å². The van der Waals surface area contributed by atoms with Gasteiger partial charge in [0.25, 0.3) is 10.0 Å². The van der Waals surface area contributed by atoms with E-state index in [1.807, 2.05) is 6.92 Å². The molecule has 21 heavy (non-hydrogen) atoms. The molecule has 0 radical (unpaired) electrons. The van der Waals surface area contributed by atoms with Gasteiger partial charge >= 0.3 is 5.97 Å². The minimum Gasteiger partial charge on any atom is -0.477 e. The van der Waals surface area contributed by atoms with Crippen LogP contribution in [0.2, 0.25) is 0 Å². The Hall–Kier alpha value is -0.960. The standard InChI is InChI=1S/C13H18N2O4S2/c1-9-7-14-6-2-3-10(14)8-15(9)21(18,19)12-5-4-11(20-12)13(16)17/h4-5,9-10H,2-3,6-8H2,1H3,(H,16,17). The van der Waals surface area contributed by atoms with E-state index in [1.54, 1.807) is 0 Å². The van der Waals surface area contributed by atoms with E-state index < -0.39 is 16.0 Å². The van der Waals surface area contributed by atoms with Crippen molar-refractivity contribution in [1.29, 1.82) is 0 Å². The maximum absolute atomic E-state index is 12.7. The molecule has 2 saturated heterocycles. The molecule has 0 aromatic carbocycles. The van der Waals surface area contributed by atoms with Crippen LogP contribution in [0.1, 0.15) is 29.4 Å². The molecule has 8 heteroatoms. The minimum absolute atomic E-state index is 0.0562. The molecular formula is C13H18N2O4S2. The topological polar surface area (TPSA) is 77.9 Å². The molecule has 2 atom stereocenters. The van der Waals surface area contributed by atoms with E-state index >= 15 is 0 Å². The van der Waals surface area contributed by atoms with Crippen molar-refractivity contribution < 1.29 is 18.3 Å². The number of sulfonamides is 1. The monoisotopic (exact) mass is 330 g/mol. The average molecular weight is 330 g/mol. The van der Waals surface area contributed by atoms with E-state index in [1.165, 1.54) is 16.4 Å². The third kappa shape index (κ3) is 2.61. The Bertz CT molecular complexity index is 655. The summed E-state index contributed by atoms with van der Waals surface area (Å²) in [4.78, 5) is 13.3. The molecule has 0 amide bonds. The number of aromatic carboxylic acids is 1. The number of carboxylic acid groups (broad SMARTS) is 1. The van der Waals surface area contributed by atoms with Crippen LogP contribution in [0.5, 0.6) is 0 Å². The van der Waals surface area contributed by atoms with Crippen molar-refractivity contribution in [2.75, 3.05) is 19.6 Å². The number of carbonyl (C=O) groups is 1. The van der Waals surface area contributed by atoms with Crippen molar-refractivity contribution in [3.63, 3.8) is 0 Å². The molecule has 6 nitrogen and oxygen atoms in total. The van der Waals surface area contributed by atoms with Gasteiger partial charge in [0.1, 0.15) is 9.09 Å². The van der Waals surface area contributed by atoms with Gasteiger partial charge in [0.2, 0.25) is 0 Å². The van der Waals surface area contributed by atoms with Gasteiger partial charge in [-0.05, 0) is 38.4 Å². The Labute approximate surface area is 128 Å². The van der Waals surface area contributed by atoms with Gasteiger partial charge < -0.3 is 5.11 Å². The van der Waals surface area contributed by atoms with Crippen LogP contribution in [0.4, 0.5) is 0 Å².